The van der Waals surface area contributed by atoms with Crippen LogP contribution in [0, 0.1) is 5.82 Å². The lowest BCUT2D eigenvalue weighted by atomic mass is 10.1. The van der Waals surface area contributed by atoms with E-state index in [0.29, 0.717) is 12.1 Å². The van der Waals surface area contributed by atoms with Gasteiger partial charge in [0.25, 0.3) is 0 Å². The number of nitrogens with one attached hydrogen (secondary N) is 3. The second kappa shape index (κ2) is 9.80. The van der Waals surface area contributed by atoms with E-state index in [2.05, 4.69) is 32.7 Å². The number of piperazine rings is 1. The summed E-state index contributed by atoms with van der Waals surface area (Å²) in [5.41, 5.74) is 0.571. The predicted molar refractivity (Wildman–Crippen MR) is 108 cm³/mol. The van der Waals surface area contributed by atoms with Crippen molar-refractivity contribution in [1.82, 2.24) is 15.1 Å². The standard InChI is InChI=1S/C20H28FN5O3/c1-2-7-25-8-10-26(11-9-25)13-19(28)23-17-12-14(3-4-15(17)21)22-16-5-6-18(27)24-20(16)29/h3-4,12,16,22H,2,5-11,13H2,1H3,(H,23,28)(H,24,27,29). The van der Waals surface area contributed by atoms with E-state index in [0.717, 1.165) is 39.1 Å². The predicted octanol–water partition coefficient (Wildman–Crippen LogP) is 1.01. The molecule has 29 heavy (non-hydrogen) atoms. The van der Waals surface area contributed by atoms with E-state index < -0.39 is 17.8 Å². The third-order valence-corrected chi connectivity index (χ3v) is 5.19. The zero-order valence-electron chi connectivity index (χ0n) is 16.7. The van der Waals surface area contributed by atoms with E-state index in [1.54, 1.807) is 0 Å². The van der Waals surface area contributed by atoms with E-state index in [9.17, 15) is 18.8 Å². The normalized spacial score (nSPS) is 21.0. The van der Waals surface area contributed by atoms with Crippen LogP contribution in [-0.2, 0) is 14.4 Å². The summed E-state index contributed by atoms with van der Waals surface area (Å²) >= 11 is 0. The Labute approximate surface area is 169 Å². The molecule has 3 rings (SSSR count). The zero-order valence-corrected chi connectivity index (χ0v) is 16.7. The van der Waals surface area contributed by atoms with Crippen molar-refractivity contribution in [2.45, 2.75) is 32.2 Å². The number of rotatable bonds is 7. The summed E-state index contributed by atoms with van der Waals surface area (Å²) in [6, 6.07) is 3.65. The maximum atomic E-state index is 14.2. The van der Waals surface area contributed by atoms with Gasteiger partial charge in [0.2, 0.25) is 17.7 Å². The van der Waals surface area contributed by atoms with Gasteiger partial charge >= 0.3 is 0 Å². The van der Waals surface area contributed by atoms with Crippen LogP contribution in [0.15, 0.2) is 18.2 Å². The minimum atomic E-state index is -0.568. The molecule has 1 atom stereocenters. The Hall–Kier alpha value is -2.52. The fourth-order valence-electron chi connectivity index (χ4n) is 3.62. The number of nitrogens with zero attached hydrogens (tertiary/aromatic N) is 2. The van der Waals surface area contributed by atoms with Gasteiger partial charge in [-0.3, -0.25) is 24.6 Å². The molecule has 3 N–H and O–H groups in total. The molecule has 2 heterocycles. The topological polar surface area (TPSA) is 93.8 Å². The highest BCUT2D eigenvalue weighted by Crippen LogP contribution is 2.22. The molecule has 0 aromatic heterocycles. The molecule has 1 aromatic carbocycles. The van der Waals surface area contributed by atoms with E-state index in [1.807, 2.05) is 0 Å². The Morgan fingerprint density at radius 2 is 1.93 bits per heavy atom. The fourth-order valence-corrected chi connectivity index (χ4v) is 3.62. The third kappa shape index (κ3) is 5.98. The van der Waals surface area contributed by atoms with Crippen LogP contribution in [0.2, 0.25) is 0 Å². The van der Waals surface area contributed by atoms with Crippen molar-refractivity contribution in [3.63, 3.8) is 0 Å². The number of carbonyl (C=O) groups excluding carboxylic acids is 3. The van der Waals surface area contributed by atoms with Crippen molar-refractivity contribution in [3.05, 3.63) is 24.0 Å². The molecule has 0 bridgehead atoms. The van der Waals surface area contributed by atoms with E-state index >= 15 is 0 Å². The van der Waals surface area contributed by atoms with Crippen LogP contribution in [0.5, 0.6) is 0 Å². The SMILES string of the molecule is CCCN1CCN(CC(=O)Nc2cc(NC3CCC(=O)NC3=O)ccc2F)CC1. The Morgan fingerprint density at radius 1 is 1.21 bits per heavy atom. The second-order valence-corrected chi connectivity index (χ2v) is 7.51. The van der Waals surface area contributed by atoms with Gasteiger partial charge in [0.05, 0.1) is 12.2 Å². The number of anilines is 2. The van der Waals surface area contributed by atoms with Crippen molar-refractivity contribution >= 4 is 29.1 Å². The molecule has 2 saturated heterocycles. The van der Waals surface area contributed by atoms with Gasteiger partial charge in [-0.2, -0.15) is 0 Å². The number of halogens is 1. The molecule has 2 fully saturated rings. The lowest BCUT2D eigenvalue weighted by molar-refractivity contribution is -0.133. The van der Waals surface area contributed by atoms with E-state index in [4.69, 9.17) is 0 Å². The van der Waals surface area contributed by atoms with Crippen molar-refractivity contribution in [2.75, 3.05) is 49.9 Å². The summed E-state index contributed by atoms with van der Waals surface area (Å²) in [5.74, 6) is -1.51. The number of piperidine rings is 1. The van der Waals surface area contributed by atoms with Crippen molar-refractivity contribution in [3.8, 4) is 0 Å². The largest absolute Gasteiger partial charge is 0.374 e. The number of imide groups is 1. The number of amides is 3. The molecule has 2 aliphatic rings. The van der Waals surface area contributed by atoms with Gasteiger partial charge in [0, 0.05) is 38.3 Å². The first kappa shape index (κ1) is 21.2. The smallest absolute Gasteiger partial charge is 0.249 e. The molecule has 9 heteroatoms. The molecule has 1 unspecified atom stereocenters. The average molecular weight is 405 g/mol. The van der Waals surface area contributed by atoms with E-state index in [1.165, 1.54) is 18.2 Å². The number of carbonyl (C=O) groups is 3. The quantitative estimate of drug-likeness (QED) is 0.587. The van der Waals surface area contributed by atoms with Crippen LogP contribution < -0.4 is 16.0 Å². The molecule has 0 aliphatic carbocycles. The lowest BCUT2D eigenvalue weighted by Crippen LogP contribution is -2.48. The first-order valence-electron chi connectivity index (χ1n) is 10.1. The van der Waals surface area contributed by atoms with Crippen LogP contribution in [0.25, 0.3) is 0 Å². The molecule has 1 aromatic rings. The van der Waals surface area contributed by atoms with Crippen LogP contribution in [-0.4, -0.2) is 72.8 Å². The average Bonchev–Trinajstić information content (AvgIpc) is 2.68. The van der Waals surface area contributed by atoms with Crippen molar-refractivity contribution < 1.29 is 18.8 Å². The highest BCUT2D eigenvalue weighted by Gasteiger charge is 2.26. The molecule has 158 valence electrons. The Kier molecular flexibility index (Phi) is 7.16. The van der Waals surface area contributed by atoms with Crippen LogP contribution in [0.1, 0.15) is 26.2 Å². The Morgan fingerprint density at radius 3 is 2.62 bits per heavy atom. The van der Waals surface area contributed by atoms with Crippen molar-refractivity contribution in [2.24, 2.45) is 0 Å². The van der Waals surface area contributed by atoms with Crippen LogP contribution in [0.4, 0.5) is 15.8 Å². The minimum Gasteiger partial charge on any atom is -0.374 e. The van der Waals surface area contributed by atoms with Crippen molar-refractivity contribution in [1.29, 1.82) is 0 Å². The van der Waals surface area contributed by atoms with Gasteiger partial charge in [-0.15, -0.1) is 0 Å². The van der Waals surface area contributed by atoms with Gasteiger partial charge in [0.15, 0.2) is 0 Å². The first-order chi connectivity index (χ1) is 13.9. The van der Waals surface area contributed by atoms with Gasteiger partial charge in [0.1, 0.15) is 11.9 Å². The molecule has 8 nitrogen and oxygen atoms in total. The summed E-state index contributed by atoms with van der Waals surface area (Å²) in [7, 11) is 0. The monoisotopic (exact) mass is 405 g/mol. The van der Waals surface area contributed by atoms with Gasteiger partial charge in [-0.25, -0.2) is 4.39 Å². The molecule has 0 saturated carbocycles. The highest BCUT2D eigenvalue weighted by molar-refractivity contribution is 6.01. The maximum Gasteiger partial charge on any atom is 0.249 e. The van der Waals surface area contributed by atoms with E-state index in [-0.39, 0.29) is 30.5 Å². The minimum absolute atomic E-state index is 0.0666. The summed E-state index contributed by atoms with van der Waals surface area (Å²) in [4.78, 5) is 39.9. The summed E-state index contributed by atoms with van der Waals surface area (Å²) < 4.78 is 14.2. The number of benzene rings is 1. The molecule has 3 amide bonds. The zero-order chi connectivity index (χ0) is 20.8. The Bertz CT molecular complexity index is 764. The molecule has 0 radical (unpaired) electrons. The summed E-state index contributed by atoms with van der Waals surface area (Å²) in [5, 5.41) is 7.89. The lowest BCUT2D eigenvalue weighted by Gasteiger charge is -2.34. The van der Waals surface area contributed by atoms with Crippen LogP contribution in [0.3, 0.4) is 0 Å². The highest BCUT2D eigenvalue weighted by atomic mass is 19.1. The third-order valence-electron chi connectivity index (χ3n) is 5.19. The van der Waals surface area contributed by atoms with Gasteiger partial charge in [-0.1, -0.05) is 6.92 Å². The molecular formula is C20H28FN5O3. The molecular weight excluding hydrogens is 377 g/mol. The fraction of sp³-hybridized carbons (Fsp3) is 0.550. The van der Waals surface area contributed by atoms with Gasteiger partial charge in [-0.05, 0) is 37.6 Å². The number of hydrogen-bond donors (Lipinski definition) is 3. The van der Waals surface area contributed by atoms with Crippen LogP contribution >= 0.6 is 0 Å². The number of hydrogen-bond acceptors (Lipinski definition) is 6. The summed E-state index contributed by atoms with van der Waals surface area (Å²) in [6.45, 7) is 6.92. The summed E-state index contributed by atoms with van der Waals surface area (Å²) in [6.07, 6.45) is 1.73. The molecule has 2 aliphatic heterocycles. The second-order valence-electron chi connectivity index (χ2n) is 7.51. The first-order valence-corrected chi connectivity index (χ1v) is 10.1. The maximum absolute atomic E-state index is 14.2. The molecule has 0 spiro atoms. The van der Waals surface area contributed by atoms with Gasteiger partial charge < -0.3 is 15.5 Å². The Balaban J connectivity index is 1.54.